The number of aliphatic imine (C=N–C) groups is 1. The zero-order valence-electron chi connectivity index (χ0n) is 14.6. The molecule has 3 aromatic rings. The van der Waals surface area contributed by atoms with Crippen molar-refractivity contribution in [2.75, 3.05) is 6.54 Å². The summed E-state index contributed by atoms with van der Waals surface area (Å²) in [5, 5.41) is 6.53. The van der Waals surface area contributed by atoms with E-state index in [1.165, 1.54) is 5.56 Å². The Hall–Kier alpha value is -3.02. The summed E-state index contributed by atoms with van der Waals surface area (Å²) in [6.07, 6.45) is 5.76. The summed E-state index contributed by atoms with van der Waals surface area (Å²) >= 11 is 0. The first-order valence-corrected chi connectivity index (χ1v) is 8.37. The number of rotatable bonds is 6. The molecule has 3 rings (SSSR count). The predicted octanol–water partition coefficient (Wildman–Crippen LogP) is 2.94. The fourth-order valence-electron chi connectivity index (χ4n) is 2.44. The fourth-order valence-corrected chi connectivity index (χ4v) is 2.44. The number of aromatic nitrogens is 2. The van der Waals surface area contributed by atoms with Gasteiger partial charge in [-0.05, 0) is 30.7 Å². The Morgan fingerprint density at radius 1 is 1.20 bits per heavy atom. The van der Waals surface area contributed by atoms with Crippen molar-refractivity contribution >= 4 is 5.96 Å². The van der Waals surface area contributed by atoms with Crippen LogP contribution in [-0.4, -0.2) is 22.1 Å². The summed E-state index contributed by atoms with van der Waals surface area (Å²) in [6, 6.07) is 11.9. The standard InChI is InChI=1S/C19H23N5O/c1-3-20-19(21-11-15-9-10-24(2)13-15)22-12-17-14-25-18(23-17)16-7-5-4-6-8-16/h4-10,13-14H,3,11-12H2,1-2H3,(H2,20,21,22). The summed E-state index contributed by atoms with van der Waals surface area (Å²) in [4.78, 5) is 9.12. The van der Waals surface area contributed by atoms with Gasteiger partial charge in [0.15, 0.2) is 5.96 Å². The molecule has 6 nitrogen and oxygen atoms in total. The maximum absolute atomic E-state index is 5.56. The van der Waals surface area contributed by atoms with Crippen molar-refractivity contribution in [1.29, 1.82) is 0 Å². The van der Waals surface area contributed by atoms with Crippen LogP contribution < -0.4 is 10.6 Å². The Balaban J connectivity index is 1.60. The summed E-state index contributed by atoms with van der Waals surface area (Å²) in [6.45, 7) is 4.03. The Morgan fingerprint density at radius 2 is 2.04 bits per heavy atom. The summed E-state index contributed by atoms with van der Waals surface area (Å²) < 4.78 is 7.58. The van der Waals surface area contributed by atoms with E-state index in [2.05, 4.69) is 32.9 Å². The molecular formula is C19H23N5O. The van der Waals surface area contributed by atoms with Crippen molar-refractivity contribution < 1.29 is 4.42 Å². The van der Waals surface area contributed by atoms with Crippen LogP contribution in [0.15, 0.2) is 64.5 Å². The SMILES string of the molecule is CCNC(=NCc1ccn(C)c1)NCc1coc(-c2ccccc2)n1. The number of nitrogens with one attached hydrogen (secondary N) is 2. The first-order chi connectivity index (χ1) is 12.2. The molecule has 0 radical (unpaired) electrons. The molecule has 6 heteroatoms. The van der Waals surface area contributed by atoms with Crippen LogP contribution in [0.25, 0.3) is 11.5 Å². The molecule has 0 bridgehead atoms. The zero-order chi connectivity index (χ0) is 17.5. The van der Waals surface area contributed by atoms with Gasteiger partial charge in [-0.1, -0.05) is 18.2 Å². The lowest BCUT2D eigenvalue weighted by Gasteiger charge is -2.09. The summed E-state index contributed by atoms with van der Waals surface area (Å²) in [7, 11) is 2.01. The van der Waals surface area contributed by atoms with Crippen LogP contribution in [0.4, 0.5) is 0 Å². The van der Waals surface area contributed by atoms with E-state index in [9.17, 15) is 0 Å². The normalized spacial score (nSPS) is 11.5. The summed E-state index contributed by atoms with van der Waals surface area (Å²) in [5.74, 6) is 1.39. The number of hydrogen-bond acceptors (Lipinski definition) is 3. The maximum Gasteiger partial charge on any atom is 0.226 e. The molecule has 0 saturated carbocycles. The average molecular weight is 337 g/mol. The van der Waals surface area contributed by atoms with Gasteiger partial charge < -0.3 is 19.6 Å². The quantitative estimate of drug-likeness (QED) is 0.536. The average Bonchev–Trinajstić information content (AvgIpc) is 3.27. The topological polar surface area (TPSA) is 67.4 Å². The first kappa shape index (κ1) is 16.8. The molecular weight excluding hydrogens is 314 g/mol. The Morgan fingerprint density at radius 3 is 2.76 bits per heavy atom. The van der Waals surface area contributed by atoms with E-state index in [-0.39, 0.29) is 0 Å². The van der Waals surface area contributed by atoms with Gasteiger partial charge in [0.2, 0.25) is 5.89 Å². The molecule has 0 saturated heterocycles. The van der Waals surface area contributed by atoms with Crippen LogP contribution in [0, 0.1) is 0 Å². The van der Waals surface area contributed by atoms with Gasteiger partial charge in [-0.25, -0.2) is 9.98 Å². The van der Waals surface area contributed by atoms with Crippen molar-refractivity contribution in [3.63, 3.8) is 0 Å². The minimum Gasteiger partial charge on any atom is -0.444 e. The van der Waals surface area contributed by atoms with E-state index in [4.69, 9.17) is 4.42 Å². The van der Waals surface area contributed by atoms with Crippen LogP contribution in [0.3, 0.4) is 0 Å². The molecule has 0 aliphatic heterocycles. The number of nitrogens with zero attached hydrogens (tertiary/aromatic N) is 3. The van der Waals surface area contributed by atoms with E-state index in [1.807, 2.05) is 55.1 Å². The molecule has 25 heavy (non-hydrogen) atoms. The van der Waals surface area contributed by atoms with Gasteiger partial charge in [-0.2, -0.15) is 0 Å². The minimum atomic E-state index is 0.553. The smallest absolute Gasteiger partial charge is 0.226 e. The maximum atomic E-state index is 5.56. The van der Waals surface area contributed by atoms with Crippen molar-refractivity contribution in [1.82, 2.24) is 20.2 Å². The van der Waals surface area contributed by atoms with Gasteiger partial charge in [-0.3, -0.25) is 0 Å². The largest absolute Gasteiger partial charge is 0.444 e. The molecule has 0 atom stereocenters. The number of oxazole rings is 1. The lowest BCUT2D eigenvalue weighted by atomic mass is 10.2. The zero-order valence-corrected chi connectivity index (χ0v) is 14.6. The second kappa shape index (κ2) is 8.19. The highest BCUT2D eigenvalue weighted by molar-refractivity contribution is 5.79. The van der Waals surface area contributed by atoms with E-state index < -0.39 is 0 Å². The third kappa shape index (κ3) is 4.73. The highest BCUT2D eigenvalue weighted by Gasteiger charge is 2.07. The second-order valence-electron chi connectivity index (χ2n) is 5.74. The highest BCUT2D eigenvalue weighted by atomic mass is 16.3. The van der Waals surface area contributed by atoms with Crippen LogP contribution in [0.2, 0.25) is 0 Å². The van der Waals surface area contributed by atoms with E-state index in [1.54, 1.807) is 6.26 Å². The van der Waals surface area contributed by atoms with Crippen LogP contribution in [0.5, 0.6) is 0 Å². The Kier molecular flexibility index (Phi) is 5.51. The number of hydrogen-bond donors (Lipinski definition) is 2. The van der Waals surface area contributed by atoms with Crippen molar-refractivity contribution in [2.24, 2.45) is 12.0 Å². The number of benzene rings is 1. The Bertz CT molecular complexity index is 819. The van der Waals surface area contributed by atoms with E-state index >= 15 is 0 Å². The molecule has 2 heterocycles. The third-order valence-electron chi connectivity index (χ3n) is 3.67. The first-order valence-electron chi connectivity index (χ1n) is 8.37. The molecule has 1 aromatic carbocycles. The molecule has 0 aliphatic rings. The van der Waals surface area contributed by atoms with Crippen LogP contribution in [-0.2, 0) is 20.1 Å². The lowest BCUT2D eigenvalue weighted by molar-refractivity contribution is 0.572. The van der Waals surface area contributed by atoms with Gasteiger partial charge in [0.05, 0.1) is 18.8 Å². The predicted molar refractivity (Wildman–Crippen MR) is 99.0 cm³/mol. The summed E-state index contributed by atoms with van der Waals surface area (Å²) in [5.41, 5.74) is 2.98. The number of aryl methyl sites for hydroxylation is 1. The van der Waals surface area contributed by atoms with Crippen molar-refractivity contribution in [3.8, 4) is 11.5 Å². The second-order valence-corrected chi connectivity index (χ2v) is 5.74. The molecule has 0 spiro atoms. The molecule has 0 aliphatic carbocycles. The van der Waals surface area contributed by atoms with Gasteiger partial charge in [0.25, 0.3) is 0 Å². The van der Waals surface area contributed by atoms with Crippen molar-refractivity contribution in [2.45, 2.75) is 20.0 Å². The third-order valence-corrected chi connectivity index (χ3v) is 3.67. The number of guanidine groups is 1. The van der Waals surface area contributed by atoms with E-state index in [0.29, 0.717) is 19.0 Å². The molecule has 0 amide bonds. The molecule has 2 N–H and O–H groups in total. The van der Waals surface area contributed by atoms with Crippen molar-refractivity contribution in [3.05, 3.63) is 66.3 Å². The van der Waals surface area contributed by atoms with Gasteiger partial charge in [-0.15, -0.1) is 0 Å². The Labute approximate surface area is 147 Å². The highest BCUT2D eigenvalue weighted by Crippen LogP contribution is 2.17. The molecule has 0 fully saturated rings. The molecule has 130 valence electrons. The van der Waals surface area contributed by atoms with Crippen LogP contribution in [0.1, 0.15) is 18.2 Å². The fraction of sp³-hybridized carbons (Fsp3) is 0.263. The van der Waals surface area contributed by atoms with Gasteiger partial charge in [0, 0.05) is 31.5 Å². The molecule has 2 aromatic heterocycles. The lowest BCUT2D eigenvalue weighted by Crippen LogP contribution is -2.36. The van der Waals surface area contributed by atoms with E-state index in [0.717, 1.165) is 23.8 Å². The molecule has 0 unspecified atom stereocenters. The van der Waals surface area contributed by atoms with Crippen LogP contribution >= 0.6 is 0 Å². The van der Waals surface area contributed by atoms with Gasteiger partial charge in [0.1, 0.15) is 6.26 Å². The monoisotopic (exact) mass is 337 g/mol. The van der Waals surface area contributed by atoms with Gasteiger partial charge >= 0.3 is 0 Å². The minimum absolute atomic E-state index is 0.553.